The van der Waals surface area contributed by atoms with Crippen LogP contribution in [0.15, 0.2) is 12.2 Å². The topological polar surface area (TPSA) is 20.3 Å². The minimum absolute atomic E-state index is 0.408. The Bertz CT molecular complexity index is 310. The average molecular weight is 263 g/mol. The summed E-state index contributed by atoms with van der Waals surface area (Å²) in [7, 11) is 0. The molecule has 2 atom stereocenters. The highest BCUT2D eigenvalue weighted by atomic mass is 16.2. The van der Waals surface area contributed by atoms with Crippen LogP contribution in [0, 0.1) is 0 Å². The van der Waals surface area contributed by atoms with Crippen molar-refractivity contribution in [2.45, 2.75) is 89.6 Å². The van der Waals surface area contributed by atoms with Crippen LogP contribution in [-0.4, -0.2) is 22.9 Å². The van der Waals surface area contributed by atoms with Gasteiger partial charge in [-0.3, -0.25) is 4.79 Å². The van der Waals surface area contributed by atoms with Gasteiger partial charge in [0, 0.05) is 18.5 Å². The zero-order valence-corrected chi connectivity index (χ0v) is 12.4. The fourth-order valence-electron chi connectivity index (χ4n) is 3.57. The maximum Gasteiger partial charge on any atom is 0.223 e. The molecule has 2 unspecified atom stereocenters. The molecular weight excluding hydrogens is 234 g/mol. The van der Waals surface area contributed by atoms with Gasteiger partial charge >= 0.3 is 0 Å². The minimum atomic E-state index is 0.408. The lowest BCUT2D eigenvalue weighted by Gasteiger charge is -2.37. The highest BCUT2D eigenvalue weighted by molar-refractivity contribution is 5.79. The van der Waals surface area contributed by atoms with Crippen LogP contribution in [0.1, 0.15) is 77.6 Å². The van der Waals surface area contributed by atoms with E-state index < -0.39 is 0 Å². The second-order valence-corrected chi connectivity index (χ2v) is 6.13. The Labute approximate surface area is 118 Å². The summed E-state index contributed by atoms with van der Waals surface area (Å²) in [5.41, 5.74) is 0. The van der Waals surface area contributed by atoms with E-state index in [0.29, 0.717) is 18.0 Å². The van der Waals surface area contributed by atoms with E-state index in [4.69, 9.17) is 0 Å². The number of carbonyl (C=O) groups is 1. The lowest BCUT2D eigenvalue weighted by molar-refractivity contribution is -0.132. The molecule has 2 nitrogen and oxygen atoms in total. The summed E-state index contributed by atoms with van der Waals surface area (Å²) in [6, 6.07) is 1.07. The predicted molar refractivity (Wildman–Crippen MR) is 80.0 cm³/mol. The second kappa shape index (κ2) is 7.72. The molecule has 0 bridgehead atoms. The first-order valence-corrected chi connectivity index (χ1v) is 8.29. The quantitative estimate of drug-likeness (QED) is 0.491. The molecule has 0 saturated carbocycles. The van der Waals surface area contributed by atoms with E-state index in [1.54, 1.807) is 0 Å². The van der Waals surface area contributed by atoms with E-state index in [1.807, 2.05) is 0 Å². The van der Waals surface area contributed by atoms with Gasteiger partial charge in [-0.25, -0.2) is 0 Å². The second-order valence-electron chi connectivity index (χ2n) is 6.13. The van der Waals surface area contributed by atoms with E-state index >= 15 is 0 Å². The molecule has 0 N–H and O–H groups in total. The molecule has 108 valence electrons. The van der Waals surface area contributed by atoms with Gasteiger partial charge in [0.05, 0.1) is 0 Å². The van der Waals surface area contributed by atoms with Gasteiger partial charge in [0.2, 0.25) is 5.91 Å². The molecule has 19 heavy (non-hydrogen) atoms. The van der Waals surface area contributed by atoms with E-state index in [9.17, 15) is 4.79 Å². The maximum atomic E-state index is 11.9. The summed E-state index contributed by atoms with van der Waals surface area (Å²) < 4.78 is 0. The van der Waals surface area contributed by atoms with Crippen molar-refractivity contribution in [3.63, 3.8) is 0 Å². The van der Waals surface area contributed by atoms with Crippen molar-refractivity contribution >= 4 is 5.91 Å². The highest BCUT2D eigenvalue weighted by Gasteiger charge is 2.37. The largest absolute Gasteiger partial charge is 0.336 e. The monoisotopic (exact) mass is 263 g/mol. The molecule has 2 saturated heterocycles. The zero-order valence-electron chi connectivity index (χ0n) is 12.4. The van der Waals surface area contributed by atoms with Crippen LogP contribution < -0.4 is 0 Å². The Hall–Kier alpha value is -0.790. The maximum absolute atomic E-state index is 11.9. The first-order chi connectivity index (χ1) is 9.33. The van der Waals surface area contributed by atoms with Crippen LogP contribution in [0.25, 0.3) is 0 Å². The lowest BCUT2D eigenvalue weighted by Crippen LogP contribution is -2.44. The van der Waals surface area contributed by atoms with E-state index in [-0.39, 0.29) is 0 Å². The normalized spacial score (nSPS) is 27.2. The van der Waals surface area contributed by atoms with Crippen molar-refractivity contribution in [3.05, 3.63) is 12.2 Å². The number of piperidine rings is 1. The SMILES string of the molecule is CCCCCC/C=C/CC1CCCC2CCC(=O)N12. The van der Waals surface area contributed by atoms with Crippen LogP contribution in [-0.2, 0) is 4.79 Å². The van der Waals surface area contributed by atoms with E-state index in [0.717, 1.165) is 19.3 Å². The van der Waals surface area contributed by atoms with Gasteiger partial charge in [-0.15, -0.1) is 0 Å². The van der Waals surface area contributed by atoms with Crippen LogP contribution >= 0.6 is 0 Å². The molecule has 2 rings (SSSR count). The number of fused-ring (bicyclic) bond motifs is 1. The molecule has 2 fully saturated rings. The number of allylic oxidation sites excluding steroid dienone is 1. The molecular formula is C17H29NO. The summed E-state index contributed by atoms with van der Waals surface area (Å²) >= 11 is 0. The molecule has 2 aliphatic heterocycles. The fourth-order valence-corrected chi connectivity index (χ4v) is 3.57. The molecule has 0 spiro atoms. The van der Waals surface area contributed by atoms with Crippen molar-refractivity contribution in [2.24, 2.45) is 0 Å². The average Bonchev–Trinajstić information content (AvgIpc) is 2.80. The first-order valence-electron chi connectivity index (χ1n) is 8.29. The van der Waals surface area contributed by atoms with Gasteiger partial charge in [-0.2, -0.15) is 0 Å². The number of hydrogen-bond acceptors (Lipinski definition) is 1. The Balaban J connectivity index is 1.69. The lowest BCUT2D eigenvalue weighted by atomic mass is 9.94. The summed E-state index contributed by atoms with van der Waals surface area (Å²) in [6.07, 6.45) is 18.0. The van der Waals surface area contributed by atoms with Gasteiger partial charge in [-0.1, -0.05) is 38.3 Å². The fraction of sp³-hybridized carbons (Fsp3) is 0.824. The predicted octanol–water partition coefficient (Wildman–Crippen LogP) is 4.45. The van der Waals surface area contributed by atoms with Gasteiger partial charge in [0.25, 0.3) is 0 Å². The Kier molecular flexibility index (Phi) is 5.93. The third-order valence-electron chi connectivity index (χ3n) is 4.64. The van der Waals surface area contributed by atoms with Gasteiger partial charge in [0.1, 0.15) is 0 Å². The third-order valence-corrected chi connectivity index (χ3v) is 4.64. The van der Waals surface area contributed by atoms with E-state index in [2.05, 4.69) is 24.0 Å². The summed E-state index contributed by atoms with van der Waals surface area (Å²) in [6.45, 7) is 2.25. The Morgan fingerprint density at radius 3 is 2.89 bits per heavy atom. The molecule has 0 aliphatic carbocycles. The number of nitrogens with zero attached hydrogens (tertiary/aromatic N) is 1. The van der Waals surface area contributed by atoms with Crippen LogP contribution in [0.3, 0.4) is 0 Å². The highest BCUT2D eigenvalue weighted by Crippen LogP contribution is 2.33. The number of carbonyl (C=O) groups excluding carboxylic acids is 1. The van der Waals surface area contributed by atoms with E-state index in [1.165, 1.54) is 51.4 Å². The Morgan fingerprint density at radius 2 is 2.05 bits per heavy atom. The van der Waals surface area contributed by atoms with Crippen molar-refractivity contribution in [3.8, 4) is 0 Å². The van der Waals surface area contributed by atoms with Crippen LogP contribution in [0.4, 0.5) is 0 Å². The molecule has 2 aliphatic rings. The molecule has 1 amide bonds. The van der Waals surface area contributed by atoms with Crippen LogP contribution in [0.2, 0.25) is 0 Å². The molecule has 2 heterocycles. The smallest absolute Gasteiger partial charge is 0.223 e. The molecule has 0 aromatic rings. The summed E-state index contributed by atoms with van der Waals surface area (Å²) in [5.74, 6) is 0.408. The summed E-state index contributed by atoms with van der Waals surface area (Å²) in [5, 5.41) is 0. The molecule has 0 aromatic heterocycles. The van der Waals surface area contributed by atoms with Crippen molar-refractivity contribution in [1.82, 2.24) is 4.90 Å². The molecule has 0 aromatic carbocycles. The standard InChI is InChI=1S/C17H29NO/c1-2-3-4-5-6-7-8-10-15-11-9-12-16-13-14-17(19)18(15)16/h7-8,15-16H,2-6,9-14H2,1H3/b8-7+. The Morgan fingerprint density at radius 1 is 1.16 bits per heavy atom. The van der Waals surface area contributed by atoms with Gasteiger partial charge < -0.3 is 4.90 Å². The van der Waals surface area contributed by atoms with Crippen LogP contribution in [0.5, 0.6) is 0 Å². The summed E-state index contributed by atoms with van der Waals surface area (Å²) in [4.78, 5) is 14.1. The minimum Gasteiger partial charge on any atom is -0.336 e. The van der Waals surface area contributed by atoms with Crippen molar-refractivity contribution in [1.29, 1.82) is 0 Å². The number of hydrogen-bond donors (Lipinski definition) is 0. The number of unbranched alkanes of at least 4 members (excludes halogenated alkanes) is 4. The number of amides is 1. The molecule has 0 radical (unpaired) electrons. The van der Waals surface area contributed by atoms with Gasteiger partial charge in [0.15, 0.2) is 0 Å². The van der Waals surface area contributed by atoms with Gasteiger partial charge in [-0.05, 0) is 44.9 Å². The first kappa shape index (κ1) is 14.6. The third kappa shape index (κ3) is 4.09. The number of rotatable bonds is 7. The molecule has 2 heteroatoms. The zero-order chi connectivity index (χ0) is 13.5. The van der Waals surface area contributed by atoms with Crippen molar-refractivity contribution in [2.75, 3.05) is 0 Å². The van der Waals surface area contributed by atoms with Crippen molar-refractivity contribution < 1.29 is 4.79 Å².